The molecule has 0 radical (unpaired) electrons. The van der Waals surface area contributed by atoms with E-state index < -0.39 is 41.5 Å². The van der Waals surface area contributed by atoms with Gasteiger partial charge in [-0.2, -0.15) is 0 Å². The number of aliphatic hydroxyl groups excluding tert-OH is 1. The van der Waals surface area contributed by atoms with Gasteiger partial charge in [0.15, 0.2) is 0 Å². The molecule has 3 amide bonds. The number of hydrogen-bond acceptors (Lipinski definition) is 7. The minimum atomic E-state index is -1.30. The number of allylic oxidation sites excluding steroid dienone is 1. The summed E-state index contributed by atoms with van der Waals surface area (Å²) in [5, 5.41) is 12.4. The number of carbonyl (C=O) groups excluding carboxylic acids is 4. The van der Waals surface area contributed by atoms with Crippen LogP contribution < -0.4 is 5.32 Å². The molecule has 1 spiro atoms. The molecule has 1 aromatic rings. The molecule has 5 bridgehead atoms. The fraction of sp³-hybridized carbons (Fsp3) is 0.576. The van der Waals surface area contributed by atoms with Crippen molar-refractivity contribution in [2.24, 2.45) is 11.8 Å². The van der Waals surface area contributed by atoms with Crippen LogP contribution in [0.2, 0.25) is 0 Å². The van der Waals surface area contributed by atoms with Gasteiger partial charge in [0.25, 0.3) is 0 Å². The zero-order valence-corrected chi connectivity index (χ0v) is 26.7. The average Bonchev–Trinajstić information content (AvgIpc) is 3.61. The number of ether oxygens (including phenoxy) is 2. The number of amides is 3. The number of carbonyl (C=O) groups is 4. The second-order valence-corrected chi connectivity index (χ2v) is 12.9. The van der Waals surface area contributed by atoms with Crippen LogP contribution in [0.3, 0.4) is 0 Å². The van der Waals surface area contributed by atoms with Crippen LogP contribution in [0.25, 0.3) is 0 Å². The molecule has 0 saturated carbocycles. The number of unbranched alkanes of at least 4 members (excludes halogenated alkanes) is 3. The summed E-state index contributed by atoms with van der Waals surface area (Å²) in [6, 6.07) is 7.71. The summed E-state index contributed by atoms with van der Waals surface area (Å²) < 4.78 is 12.8. The van der Waals surface area contributed by atoms with Crippen molar-refractivity contribution in [3.63, 3.8) is 0 Å². The first-order valence-corrected chi connectivity index (χ1v) is 16.5. The summed E-state index contributed by atoms with van der Waals surface area (Å²) >= 11 is 3.61. The van der Waals surface area contributed by atoms with Gasteiger partial charge in [-0.25, -0.2) is 0 Å². The van der Waals surface area contributed by atoms with E-state index in [2.05, 4.69) is 28.2 Å². The van der Waals surface area contributed by atoms with Gasteiger partial charge in [-0.05, 0) is 43.7 Å². The zero-order chi connectivity index (χ0) is 31.3. The lowest BCUT2D eigenvalue weighted by Gasteiger charge is -2.36. The summed E-state index contributed by atoms with van der Waals surface area (Å²) in [6.45, 7) is 3.21. The van der Waals surface area contributed by atoms with Gasteiger partial charge in [0.05, 0.1) is 17.9 Å². The molecule has 4 aliphatic heterocycles. The molecule has 0 aliphatic carbocycles. The van der Waals surface area contributed by atoms with Crippen LogP contribution in [0.5, 0.6) is 0 Å². The number of halogens is 1. The quantitative estimate of drug-likeness (QED) is 0.234. The lowest BCUT2D eigenvalue weighted by molar-refractivity contribution is -0.148. The van der Waals surface area contributed by atoms with E-state index in [1.54, 1.807) is 9.80 Å². The molecule has 0 aromatic heterocycles. The van der Waals surface area contributed by atoms with E-state index in [4.69, 9.17) is 9.47 Å². The monoisotopic (exact) mass is 671 g/mol. The molecule has 10 nitrogen and oxygen atoms in total. The van der Waals surface area contributed by atoms with E-state index in [1.807, 2.05) is 48.6 Å². The van der Waals surface area contributed by atoms with Crippen molar-refractivity contribution in [1.82, 2.24) is 15.1 Å². The molecule has 11 heteroatoms. The smallest absolute Gasteiger partial charge is 0.306 e. The maximum atomic E-state index is 14.5. The largest absolute Gasteiger partial charge is 0.463 e. The van der Waals surface area contributed by atoms with Crippen molar-refractivity contribution in [3.8, 4) is 0 Å². The topological polar surface area (TPSA) is 125 Å². The van der Waals surface area contributed by atoms with Crippen LogP contribution >= 0.6 is 15.9 Å². The Morgan fingerprint density at radius 2 is 1.82 bits per heavy atom. The van der Waals surface area contributed by atoms with Crippen molar-refractivity contribution in [3.05, 3.63) is 58.6 Å². The van der Waals surface area contributed by atoms with Crippen molar-refractivity contribution >= 4 is 39.6 Å². The molecule has 4 aliphatic rings. The molecule has 1 aromatic carbocycles. The van der Waals surface area contributed by atoms with Crippen LogP contribution in [0, 0.1) is 11.8 Å². The Kier molecular flexibility index (Phi) is 10.6. The van der Waals surface area contributed by atoms with Crippen LogP contribution in [0.15, 0.2) is 53.0 Å². The maximum absolute atomic E-state index is 14.5. The Morgan fingerprint density at radius 3 is 2.57 bits per heavy atom. The number of fused-ring (bicyclic) bond motifs is 2. The summed E-state index contributed by atoms with van der Waals surface area (Å²) in [4.78, 5) is 59.0. The molecular formula is C33H42BrN3O7. The molecule has 0 unspecified atom stereocenters. The van der Waals surface area contributed by atoms with Gasteiger partial charge in [-0.15, -0.1) is 0 Å². The van der Waals surface area contributed by atoms with Crippen LogP contribution in [0.1, 0.15) is 63.5 Å². The number of rotatable bonds is 9. The van der Waals surface area contributed by atoms with Gasteiger partial charge in [-0.3, -0.25) is 19.2 Å². The van der Waals surface area contributed by atoms with Gasteiger partial charge < -0.3 is 29.7 Å². The number of esters is 1. The van der Waals surface area contributed by atoms with E-state index in [-0.39, 0.29) is 37.4 Å². The number of hydrogen-bond donors (Lipinski definition) is 2. The zero-order valence-electron chi connectivity index (χ0n) is 25.2. The third-order valence-corrected chi connectivity index (χ3v) is 9.73. The predicted molar refractivity (Wildman–Crippen MR) is 166 cm³/mol. The molecule has 5 rings (SSSR count). The first-order valence-electron chi connectivity index (χ1n) is 15.7. The summed E-state index contributed by atoms with van der Waals surface area (Å²) in [5.74, 6) is -3.05. The first kappa shape index (κ1) is 32.4. The summed E-state index contributed by atoms with van der Waals surface area (Å²) in [5.41, 5.74) is -0.532. The summed E-state index contributed by atoms with van der Waals surface area (Å²) in [6.07, 6.45) is 9.07. The Bertz CT molecular complexity index is 1290. The predicted octanol–water partition coefficient (Wildman–Crippen LogP) is 3.40. The lowest BCUT2D eigenvalue weighted by Crippen LogP contribution is -2.56. The standard InChI is InChI=1S/C33H42BrN3O7/c1-2-3-16-36-17-10-5-9-15-25(39)43-21-24(22-13-7-4-8-14-22)35-30(40)26-27-31(41)37(18-11-6-12-19-38)29(32(36)42)33(27)20-23(34)28(26)44-33/h4-5,7-8,10,13-14,20,24,26-29,38H,2-3,6,9,11-12,15-19,21H2,1H3,(H,35,40)/b10-5-/t24-,26-,27+,28-,29-,33+/m0/s1. The fourth-order valence-electron chi connectivity index (χ4n) is 6.86. The van der Waals surface area contributed by atoms with E-state index in [0.717, 1.165) is 18.4 Å². The number of cyclic esters (lactones) is 1. The first-order chi connectivity index (χ1) is 21.3. The van der Waals surface area contributed by atoms with Gasteiger partial charge >= 0.3 is 5.97 Å². The number of nitrogens with zero attached hydrogens (tertiary/aromatic N) is 2. The maximum Gasteiger partial charge on any atom is 0.306 e. The van der Waals surface area contributed by atoms with Gasteiger partial charge in [0.2, 0.25) is 17.7 Å². The van der Waals surface area contributed by atoms with E-state index in [9.17, 15) is 24.3 Å². The molecule has 2 fully saturated rings. The Balaban J connectivity index is 1.55. The van der Waals surface area contributed by atoms with Gasteiger partial charge in [0.1, 0.15) is 24.4 Å². The molecule has 4 heterocycles. The third kappa shape index (κ3) is 6.37. The second-order valence-electron chi connectivity index (χ2n) is 11.9. The fourth-order valence-corrected chi connectivity index (χ4v) is 7.60. The lowest BCUT2D eigenvalue weighted by atomic mass is 9.74. The van der Waals surface area contributed by atoms with Crippen LogP contribution in [-0.2, 0) is 28.7 Å². The molecule has 2 saturated heterocycles. The van der Waals surface area contributed by atoms with Crippen molar-refractivity contribution in [2.75, 3.05) is 32.8 Å². The second kappa shape index (κ2) is 14.4. The molecule has 6 atom stereocenters. The summed E-state index contributed by atoms with van der Waals surface area (Å²) in [7, 11) is 0. The third-order valence-electron chi connectivity index (χ3n) is 9.05. The normalized spacial score (nSPS) is 31.5. The van der Waals surface area contributed by atoms with Crippen LogP contribution in [-0.4, -0.2) is 89.2 Å². The highest BCUT2D eigenvalue weighted by molar-refractivity contribution is 9.11. The highest BCUT2D eigenvalue weighted by atomic mass is 79.9. The Morgan fingerprint density at radius 1 is 1.02 bits per heavy atom. The number of likely N-dealkylation sites (tertiary alicyclic amines) is 1. The highest BCUT2D eigenvalue weighted by Crippen LogP contribution is 2.58. The van der Waals surface area contributed by atoms with Crippen molar-refractivity contribution in [1.29, 1.82) is 0 Å². The minimum Gasteiger partial charge on any atom is -0.463 e. The van der Waals surface area contributed by atoms with Gasteiger partial charge in [-0.1, -0.05) is 71.8 Å². The van der Waals surface area contributed by atoms with E-state index >= 15 is 0 Å². The Labute approximate surface area is 266 Å². The molecule has 2 N–H and O–H groups in total. The highest BCUT2D eigenvalue weighted by Gasteiger charge is 2.74. The molecular weight excluding hydrogens is 630 g/mol. The van der Waals surface area contributed by atoms with Crippen molar-refractivity contribution in [2.45, 2.75) is 75.7 Å². The van der Waals surface area contributed by atoms with Gasteiger partial charge in [0, 0.05) is 37.1 Å². The van der Waals surface area contributed by atoms with E-state index in [0.29, 0.717) is 49.8 Å². The van der Waals surface area contributed by atoms with E-state index in [1.165, 1.54) is 0 Å². The SMILES string of the molecule is CCCCN1C/C=C\CCC(=O)OC[C@@H](c2ccccc2)NC(=O)[C@@H]2[C@H]3O[C@@]4(C=C3Br)[C@H](C1=O)N(CCCCCO)C(=O)[C@@H]24. The number of nitrogens with one attached hydrogen (secondary N) is 1. The van der Waals surface area contributed by atoms with Crippen molar-refractivity contribution < 1.29 is 33.8 Å². The molecule has 44 heavy (non-hydrogen) atoms. The molecule has 238 valence electrons. The van der Waals surface area contributed by atoms with Crippen LogP contribution in [0.4, 0.5) is 0 Å². The number of aliphatic hydroxyl groups is 1. The number of benzene rings is 1. The Hall–Kier alpha value is -3.02. The minimum absolute atomic E-state index is 0.0554. The average molecular weight is 673 g/mol.